The molecule has 1 fully saturated rings. The second-order valence-corrected chi connectivity index (χ2v) is 4.81. The first-order valence-electron chi connectivity index (χ1n) is 6.03. The maximum atomic E-state index is 12.0. The fourth-order valence-corrected chi connectivity index (χ4v) is 2.12. The molecule has 1 aliphatic rings. The van der Waals surface area contributed by atoms with Crippen LogP contribution in [-0.2, 0) is 4.79 Å². The van der Waals surface area contributed by atoms with Crippen molar-refractivity contribution in [3.8, 4) is 0 Å². The molecule has 88 valence electrons. The third kappa shape index (κ3) is 3.20. The minimum absolute atomic E-state index is 0.107. The Morgan fingerprint density at radius 2 is 2.27 bits per heavy atom. The van der Waals surface area contributed by atoms with Gasteiger partial charge in [0.25, 0.3) is 0 Å². The van der Waals surface area contributed by atoms with Crippen molar-refractivity contribution >= 4 is 5.91 Å². The van der Waals surface area contributed by atoms with Gasteiger partial charge in [0.05, 0.1) is 6.10 Å². The van der Waals surface area contributed by atoms with E-state index in [4.69, 9.17) is 0 Å². The summed E-state index contributed by atoms with van der Waals surface area (Å²) in [5.41, 5.74) is 0. The summed E-state index contributed by atoms with van der Waals surface area (Å²) < 4.78 is 0. The van der Waals surface area contributed by atoms with E-state index in [1.165, 1.54) is 0 Å². The van der Waals surface area contributed by atoms with Gasteiger partial charge in [-0.15, -0.1) is 0 Å². The summed E-state index contributed by atoms with van der Waals surface area (Å²) in [4.78, 5) is 13.8. The maximum Gasteiger partial charge on any atom is 0.225 e. The average molecular weight is 213 g/mol. The first kappa shape index (κ1) is 12.5. The molecule has 3 heteroatoms. The number of aliphatic hydroxyl groups is 1. The van der Waals surface area contributed by atoms with Crippen LogP contribution in [0.5, 0.6) is 0 Å². The van der Waals surface area contributed by atoms with Crippen LogP contribution >= 0.6 is 0 Å². The van der Waals surface area contributed by atoms with Crippen molar-refractivity contribution in [2.45, 2.75) is 46.1 Å². The fourth-order valence-electron chi connectivity index (χ4n) is 2.12. The van der Waals surface area contributed by atoms with Gasteiger partial charge in [0.2, 0.25) is 5.91 Å². The lowest BCUT2D eigenvalue weighted by Gasteiger charge is -2.35. The molecule has 0 aromatic carbocycles. The zero-order valence-electron chi connectivity index (χ0n) is 10.1. The van der Waals surface area contributed by atoms with Crippen LogP contribution in [0.1, 0.15) is 40.0 Å². The number of rotatable bonds is 3. The number of likely N-dealkylation sites (tertiary alicyclic amines) is 1. The Bertz CT molecular complexity index is 218. The lowest BCUT2D eigenvalue weighted by molar-refractivity contribution is -0.139. The number of hydrogen-bond donors (Lipinski definition) is 1. The van der Waals surface area contributed by atoms with Crippen LogP contribution in [0.4, 0.5) is 0 Å². The van der Waals surface area contributed by atoms with Crippen molar-refractivity contribution in [3.05, 3.63) is 0 Å². The number of β-amino-alcohol motifs (C(OH)–C–C–N with tert-alkyl or cyclic N) is 1. The molecule has 3 atom stereocenters. The van der Waals surface area contributed by atoms with E-state index >= 15 is 0 Å². The van der Waals surface area contributed by atoms with Gasteiger partial charge in [0.1, 0.15) is 0 Å². The molecule has 1 N–H and O–H groups in total. The summed E-state index contributed by atoms with van der Waals surface area (Å²) in [5, 5.41) is 9.71. The highest BCUT2D eigenvalue weighted by Crippen LogP contribution is 2.19. The van der Waals surface area contributed by atoms with Gasteiger partial charge in [-0.25, -0.2) is 0 Å². The second-order valence-electron chi connectivity index (χ2n) is 4.81. The molecule has 0 aliphatic carbocycles. The molecule has 0 saturated carbocycles. The molecule has 0 aromatic rings. The van der Waals surface area contributed by atoms with E-state index in [1.54, 1.807) is 0 Å². The first-order chi connectivity index (χ1) is 7.06. The predicted molar refractivity (Wildman–Crippen MR) is 60.4 cm³/mol. The Morgan fingerprint density at radius 1 is 1.60 bits per heavy atom. The molecule has 0 bridgehead atoms. The largest absolute Gasteiger partial charge is 0.391 e. The minimum atomic E-state index is -0.337. The van der Waals surface area contributed by atoms with E-state index < -0.39 is 0 Å². The molecular formula is C12H23NO2. The molecule has 1 heterocycles. The highest BCUT2D eigenvalue weighted by molar-refractivity contribution is 5.78. The lowest BCUT2D eigenvalue weighted by atomic mass is 9.94. The van der Waals surface area contributed by atoms with Gasteiger partial charge in [-0.05, 0) is 18.8 Å². The standard InChI is InChI=1S/C12H23NO2/c1-4-5-10(3)12(15)13-7-6-9(2)11(14)8-13/h9-11,14H,4-8H2,1-3H3. The van der Waals surface area contributed by atoms with Crippen LogP contribution < -0.4 is 0 Å². The number of amides is 1. The zero-order chi connectivity index (χ0) is 11.4. The third-order valence-corrected chi connectivity index (χ3v) is 3.37. The number of hydrogen-bond acceptors (Lipinski definition) is 2. The van der Waals surface area contributed by atoms with Crippen LogP contribution in [0.2, 0.25) is 0 Å². The molecule has 0 radical (unpaired) electrons. The Hall–Kier alpha value is -0.570. The number of carbonyl (C=O) groups is 1. The summed E-state index contributed by atoms with van der Waals surface area (Å²) in [6.45, 7) is 7.45. The minimum Gasteiger partial charge on any atom is -0.391 e. The van der Waals surface area contributed by atoms with Crippen molar-refractivity contribution < 1.29 is 9.90 Å². The van der Waals surface area contributed by atoms with Gasteiger partial charge in [-0.1, -0.05) is 27.2 Å². The zero-order valence-corrected chi connectivity index (χ0v) is 10.1. The van der Waals surface area contributed by atoms with Crippen molar-refractivity contribution in [1.29, 1.82) is 0 Å². The molecule has 15 heavy (non-hydrogen) atoms. The summed E-state index contributed by atoms with van der Waals surface area (Å²) >= 11 is 0. The predicted octanol–water partition coefficient (Wildman–Crippen LogP) is 1.65. The van der Waals surface area contributed by atoms with Crippen molar-refractivity contribution in [2.75, 3.05) is 13.1 Å². The maximum absolute atomic E-state index is 12.0. The topological polar surface area (TPSA) is 40.5 Å². The number of nitrogens with zero attached hydrogens (tertiary/aromatic N) is 1. The lowest BCUT2D eigenvalue weighted by Crippen LogP contribution is -2.47. The van der Waals surface area contributed by atoms with E-state index in [0.717, 1.165) is 25.8 Å². The van der Waals surface area contributed by atoms with Crippen molar-refractivity contribution in [3.63, 3.8) is 0 Å². The first-order valence-corrected chi connectivity index (χ1v) is 6.03. The van der Waals surface area contributed by atoms with Gasteiger partial charge < -0.3 is 10.0 Å². The highest BCUT2D eigenvalue weighted by atomic mass is 16.3. The quantitative estimate of drug-likeness (QED) is 0.774. The van der Waals surface area contributed by atoms with Gasteiger partial charge in [-0.2, -0.15) is 0 Å². The molecule has 3 unspecified atom stereocenters. The monoisotopic (exact) mass is 213 g/mol. The molecule has 1 saturated heterocycles. The number of piperidine rings is 1. The molecule has 3 nitrogen and oxygen atoms in total. The van der Waals surface area contributed by atoms with Gasteiger partial charge in [-0.3, -0.25) is 4.79 Å². The summed E-state index contributed by atoms with van der Waals surface area (Å²) in [6.07, 6.45) is 2.57. The Kier molecular flexibility index (Phi) is 4.58. The Labute approximate surface area is 92.5 Å². The van der Waals surface area contributed by atoms with E-state index in [0.29, 0.717) is 12.5 Å². The number of carbonyl (C=O) groups excluding carboxylic acids is 1. The van der Waals surface area contributed by atoms with E-state index in [2.05, 4.69) is 6.92 Å². The van der Waals surface area contributed by atoms with Crippen LogP contribution in [0.3, 0.4) is 0 Å². The molecule has 0 aromatic heterocycles. The van der Waals surface area contributed by atoms with Gasteiger partial charge in [0, 0.05) is 19.0 Å². The molecule has 0 spiro atoms. The normalized spacial score (nSPS) is 28.9. The van der Waals surface area contributed by atoms with E-state index in [1.807, 2.05) is 18.7 Å². The third-order valence-electron chi connectivity index (χ3n) is 3.37. The van der Waals surface area contributed by atoms with Gasteiger partial charge in [0.15, 0.2) is 0 Å². The van der Waals surface area contributed by atoms with Crippen molar-refractivity contribution in [2.24, 2.45) is 11.8 Å². The summed E-state index contributed by atoms with van der Waals surface area (Å²) in [6, 6.07) is 0. The Morgan fingerprint density at radius 3 is 2.80 bits per heavy atom. The van der Waals surface area contributed by atoms with Crippen LogP contribution in [0, 0.1) is 11.8 Å². The highest BCUT2D eigenvalue weighted by Gasteiger charge is 2.29. The SMILES string of the molecule is CCCC(C)C(=O)N1CCC(C)C(O)C1. The second kappa shape index (κ2) is 5.50. The van der Waals surface area contributed by atoms with E-state index in [-0.39, 0.29) is 17.9 Å². The molecular weight excluding hydrogens is 190 g/mol. The van der Waals surface area contributed by atoms with Gasteiger partial charge >= 0.3 is 0 Å². The van der Waals surface area contributed by atoms with E-state index in [9.17, 15) is 9.90 Å². The molecule has 1 amide bonds. The molecule has 1 aliphatic heterocycles. The smallest absolute Gasteiger partial charge is 0.225 e. The van der Waals surface area contributed by atoms with Crippen molar-refractivity contribution in [1.82, 2.24) is 4.90 Å². The number of aliphatic hydroxyl groups excluding tert-OH is 1. The Balaban J connectivity index is 2.47. The summed E-state index contributed by atoms with van der Waals surface area (Å²) in [7, 11) is 0. The average Bonchev–Trinajstić information content (AvgIpc) is 2.21. The van der Waals surface area contributed by atoms with Crippen LogP contribution in [-0.4, -0.2) is 35.1 Å². The molecule has 1 rings (SSSR count). The van der Waals surface area contributed by atoms with Crippen LogP contribution in [0.15, 0.2) is 0 Å². The fraction of sp³-hybridized carbons (Fsp3) is 0.917. The summed E-state index contributed by atoms with van der Waals surface area (Å²) in [5.74, 6) is 0.647. The van der Waals surface area contributed by atoms with Crippen LogP contribution in [0.25, 0.3) is 0 Å².